The number of halogens is 1. The molecule has 2 heterocycles. The molecule has 2 aromatic heterocycles. The van der Waals surface area contributed by atoms with Crippen molar-refractivity contribution in [1.29, 1.82) is 0 Å². The van der Waals surface area contributed by atoms with Gasteiger partial charge in [0, 0.05) is 29.1 Å². The Morgan fingerprint density at radius 2 is 1.81 bits per heavy atom. The Balaban J connectivity index is 1.60. The van der Waals surface area contributed by atoms with Gasteiger partial charge in [-0.2, -0.15) is 0 Å². The number of amides is 1. The highest BCUT2D eigenvalue weighted by Gasteiger charge is 2.09. The minimum absolute atomic E-state index is 0.184. The van der Waals surface area contributed by atoms with Crippen LogP contribution in [0.1, 0.15) is 6.92 Å². The summed E-state index contributed by atoms with van der Waals surface area (Å²) in [6, 6.07) is 13.0. The average molecular weight is 365 g/mol. The van der Waals surface area contributed by atoms with Gasteiger partial charge in [-0.25, -0.2) is 9.97 Å². The molecule has 0 aliphatic rings. The zero-order chi connectivity index (χ0) is 18.1. The first-order valence-corrected chi connectivity index (χ1v) is 8.23. The molecule has 4 aromatic rings. The van der Waals surface area contributed by atoms with E-state index in [2.05, 4.69) is 20.3 Å². The van der Waals surface area contributed by atoms with Crippen LogP contribution in [-0.4, -0.2) is 20.9 Å². The average Bonchev–Trinajstić information content (AvgIpc) is 3.05. The van der Waals surface area contributed by atoms with E-state index in [1.54, 1.807) is 18.3 Å². The molecule has 1 N–H and O–H groups in total. The van der Waals surface area contributed by atoms with Crippen LogP contribution < -0.4 is 5.32 Å². The second kappa shape index (κ2) is 6.57. The molecule has 128 valence electrons. The number of rotatable bonds is 3. The lowest BCUT2D eigenvalue weighted by molar-refractivity contribution is -0.114. The molecule has 0 aliphatic heterocycles. The second-order valence-corrected chi connectivity index (χ2v) is 6.11. The fourth-order valence-corrected chi connectivity index (χ4v) is 2.69. The Hall–Kier alpha value is -3.25. The maximum Gasteiger partial charge on any atom is 0.227 e. The normalized spacial score (nSPS) is 10.8. The van der Waals surface area contributed by atoms with Crippen LogP contribution in [0.15, 0.2) is 59.3 Å². The molecule has 0 unspecified atom stereocenters. The largest absolute Gasteiger partial charge is 0.436 e. The maximum atomic E-state index is 11.0. The van der Waals surface area contributed by atoms with Crippen molar-refractivity contribution >= 4 is 34.4 Å². The van der Waals surface area contributed by atoms with Crippen LogP contribution in [0.5, 0.6) is 0 Å². The zero-order valence-corrected chi connectivity index (χ0v) is 14.5. The predicted molar refractivity (Wildman–Crippen MR) is 99.8 cm³/mol. The van der Waals surface area contributed by atoms with Crippen molar-refractivity contribution in [3.8, 4) is 22.7 Å². The van der Waals surface area contributed by atoms with Gasteiger partial charge in [-0.15, -0.1) is 0 Å². The lowest BCUT2D eigenvalue weighted by Gasteiger charge is -2.04. The summed E-state index contributed by atoms with van der Waals surface area (Å²) in [6.45, 7) is 1.42. The highest BCUT2D eigenvalue weighted by Crippen LogP contribution is 2.28. The van der Waals surface area contributed by atoms with Crippen molar-refractivity contribution < 1.29 is 9.21 Å². The fraction of sp³-hybridized carbons (Fsp3) is 0.0526. The van der Waals surface area contributed by atoms with Crippen molar-refractivity contribution in [2.45, 2.75) is 6.92 Å². The van der Waals surface area contributed by atoms with Crippen molar-refractivity contribution in [3.63, 3.8) is 0 Å². The van der Waals surface area contributed by atoms with Gasteiger partial charge in [-0.1, -0.05) is 23.7 Å². The number of aromatic nitrogens is 3. The quantitative estimate of drug-likeness (QED) is 0.576. The molecule has 4 rings (SSSR count). The molecule has 6 nitrogen and oxygen atoms in total. The van der Waals surface area contributed by atoms with E-state index in [-0.39, 0.29) is 5.91 Å². The molecule has 26 heavy (non-hydrogen) atoms. The molecular formula is C19H13ClN4O2. The van der Waals surface area contributed by atoms with Gasteiger partial charge < -0.3 is 9.73 Å². The Bertz CT molecular complexity index is 1090. The number of hydrogen-bond donors (Lipinski definition) is 1. The van der Waals surface area contributed by atoms with E-state index in [0.717, 1.165) is 16.6 Å². The van der Waals surface area contributed by atoms with E-state index in [1.807, 2.05) is 30.3 Å². The third-order valence-corrected chi connectivity index (χ3v) is 3.97. The molecular weight excluding hydrogens is 352 g/mol. The van der Waals surface area contributed by atoms with Crippen molar-refractivity contribution in [3.05, 3.63) is 59.9 Å². The smallest absolute Gasteiger partial charge is 0.227 e. The number of fused-ring (bicyclic) bond motifs is 1. The number of benzene rings is 2. The number of oxazole rings is 1. The topological polar surface area (TPSA) is 80.9 Å². The summed E-state index contributed by atoms with van der Waals surface area (Å²) in [5.74, 6) is 0.764. The van der Waals surface area contributed by atoms with E-state index in [9.17, 15) is 4.79 Å². The third-order valence-electron chi connectivity index (χ3n) is 3.73. The summed E-state index contributed by atoms with van der Waals surface area (Å²) in [7, 11) is 0. The Morgan fingerprint density at radius 1 is 1.04 bits per heavy atom. The van der Waals surface area contributed by atoms with E-state index in [0.29, 0.717) is 28.0 Å². The van der Waals surface area contributed by atoms with Gasteiger partial charge in [0.1, 0.15) is 5.52 Å². The molecule has 2 aromatic carbocycles. The Labute approximate surface area is 153 Å². The summed E-state index contributed by atoms with van der Waals surface area (Å²) >= 11 is 5.98. The molecule has 0 spiro atoms. The molecule has 0 atom stereocenters. The molecule has 1 amide bonds. The van der Waals surface area contributed by atoms with Crippen molar-refractivity contribution in [2.24, 2.45) is 0 Å². The van der Waals surface area contributed by atoms with Crippen molar-refractivity contribution in [2.75, 3.05) is 5.32 Å². The van der Waals surface area contributed by atoms with Gasteiger partial charge in [-0.3, -0.25) is 9.78 Å². The molecule has 0 saturated heterocycles. The SMILES string of the molecule is CC(=O)Nc1cnc(-c2ccc(-c3nc4ccc(Cl)cc4o3)cc2)cn1. The molecule has 0 bridgehead atoms. The van der Waals surface area contributed by atoms with Gasteiger partial charge in [-0.05, 0) is 24.3 Å². The standard InChI is InChI=1S/C19H13ClN4O2/c1-11(25)23-18-10-21-16(9-22-18)12-2-4-13(5-3-12)19-24-15-7-6-14(20)8-17(15)26-19/h2-10H,1H3,(H,22,23,25). The van der Waals surface area contributed by atoms with Crippen LogP contribution in [0.4, 0.5) is 5.82 Å². The van der Waals surface area contributed by atoms with Gasteiger partial charge in [0.25, 0.3) is 0 Å². The minimum atomic E-state index is -0.184. The minimum Gasteiger partial charge on any atom is -0.436 e. The van der Waals surface area contributed by atoms with E-state index < -0.39 is 0 Å². The van der Waals surface area contributed by atoms with Gasteiger partial charge >= 0.3 is 0 Å². The summed E-state index contributed by atoms with van der Waals surface area (Å²) in [5.41, 5.74) is 3.86. The second-order valence-electron chi connectivity index (χ2n) is 5.68. The van der Waals surface area contributed by atoms with Crippen LogP contribution in [0.2, 0.25) is 5.02 Å². The molecule has 7 heteroatoms. The van der Waals surface area contributed by atoms with Gasteiger partial charge in [0.2, 0.25) is 11.8 Å². The number of carbonyl (C=O) groups is 1. The van der Waals surface area contributed by atoms with E-state index >= 15 is 0 Å². The summed E-state index contributed by atoms with van der Waals surface area (Å²) in [5, 5.41) is 3.20. The lowest BCUT2D eigenvalue weighted by Crippen LogP contribution is -2.07. The van der Waals surface area contributed by atoms with Crippen molar-refractivity contribution in [1.82, 2.24) is 15.0 Å². The van der Waals surface area contributed by atoms with Crippen LogP contribution in [0.3, 0.4) is 0 Å². The molecule has 0 aliphatic carbocycles. The fourth-order valence-electron chi connectivity index (χ4n) is 2.53. The number of carbonyl (C=O) groups excluding carboxylic acids is 1. The Morgan fingerprint density at radius 3 is 2.50 bits per heavy atom. The maximum absolute atomic E-state index is 11.0. The number of nitrogens with one attached hydrogen (secondary N) is 1. The highest BCUT2D eigenvalue weighted by molar-refractivity contribution is 6.31. The van der Waals surface area contributed by atoms with Crippen LogP contribution in [-0.2, 0) is 4.79 Å². The summed E-state index contributed by atoms with van der Waals surface area (Å²) in [4.78, 5) is 24.0. The zero-order valence-electron chi connectivity index (χ0n) is 13.7. The first kappa shape index (κ1) is 16.2. The lowest BCUT2D eigenvalue weighted by atomic mass is 10.1. The van der Waals surface area contributed by atoms with Crippen LogP contribution in [0.25, 0.3) is 33.8 Å². The number of nitrogens with zero attached hydrogens (tertiary/aromatic N) is 3. The molecule has 0 saturated carbocycles. The predicted octanol–water partition coefficient (Wildman–Crippen LogP) is 4.56. The van der Waals surface area contributed by atoms with Crippen LogP contribution in [0, 0.1) is 0 Å². The van der Waals surface area contributed by atoms with Gasteiger partial charge in [0.15, 0.2) is 11.4 Å². The summed E-state index contributed by atoms with van der Waals surface area (Å²) < 4.78 is 5.77. The van der Waals surface area contributed by atoms with E-state index in [1.165, 1.54) is 13.1 Å². The molecule has 0 radical (unpaired) electrons. The summed E-state index contributed by atoms with van der Waals surface area (Å²) in [6.07, 6.45) is 3.14. The third kappa shape index (κ3) is 3.27. The van der Waals surface area contributed by atoms with Crippen LogP contribution >= 0.6 is 11.6 Å². The first-order valence-electron chi connectivity index (χ1n) is 7.85. The number of hydrogen-bond acceptors (Lipinski definition) is 5. The number of anilines is 1. The van der Waals surface area contributed by atoms with Gasteiger partial charge in [0.05, 0.1) is 18.1 Å². The highest BCUT2D eigenvalue weighted by atomic mass is 35.5. The first-order chi connectivity index (χ1) is 12.6. The Kier molecular flexibility index (Phi) is 4.10. The monoisotopic (exact) mass is 364 g/mol. The molecule has 0 fully saturated rings. The van der Waals surface area contributed by atoms with E-state index in [4.69, 9.17) is 16.0 Å².